The van der Waals surface area contributed by atoms with Crippen molar-refractivity contribution in [3.8, 4) is 11.4 Å². The van der Waals surface area contributed by atoms with Crippen LogP contribution in [0.2, 0.25) is 0 Å². The van der Waals surface area contributed by atoms with Gasteiger partial charge < -0.3 is 5.11 Å². The molecule has 0 spiro atoms. The van der Waals surface area contributed by atoms with Crippen molar-refractivity contribution >= 4 is 5.78 Å². The molecule has 0 saturated carbocycles. The Balaban J connectivity index is 2.56. The SMILES string of the molecule is CC(=O)c1cc(-n2nnnc2C)ccc1O. The molecule has 6 heteroatoms. The molecule has 1 N–H and O–H groups in total. The van der Waals surface area contributed by atoms with Crippen LogP contribution in [0.15, 0.2) is 18.2 Å². The maximum Gasteiger partial charge on any atom is 0.163 e. The summed E-state index contributed by atoms with van der Waals surface area (Å²) >= 11 is 0. The number of phenolic OH excluding ortho intramolecular Hbond substituents is 1. The lowest BCUT2D eigenvalue weighted by molar-refractivity contribution is 0.101. The molecule has 0 radical (unpaired) electrons. The van der Waals surface area contributed by atoms with Gasteiger partial charge in [0.2, 0.25) is 0 Å². The molecule has 0 unspecified atom stereocenters. The first-order valence-electron chi connectivity index (χ1n) is 4.69. The minimum Gasteiger partial charge on any atom is -0.507 e. The average Bonchev–Trinajstić information content (AvgIpc) is 2.65. The molecule has 6 nitrogen and oxygen atoms in total. The van der Waals surface area contributed by atoms with E-state index >= 15 is 0 Å². The molecule has 0 saturated heterocycles. The zero-order valence-corrected chi connectivity index (χ0v) is 8.88. The van der Waals surface area contributed by atoms with Crippen molar-refractivity contribution in [3.63, 3.8) is 0 Å². The number of ketones is 1. The van der Waals surface area contributed by atoms with Crippen LogP contribution >= 0.6 is 0 Å². The van der Waals surface area contributed by atoms with E-state index in [1.807, 2.05) is 0 Å². The first kappa shape index (κ1) is 10.3. The maximum absolute atomic E-state index is 11.3. The van der Waals surface area contributed by atoms with Crippen molar-refractivity contribution in [3.05, 3.63) is 29.6 Å². The number of nitrogens with zero attached hydrogens (tertiary/aromatic N) is 4. The van der Waals surface area contributed by atoms with E-state index < -0.39 is 0 Å². The van der Waals surface area contributed by atoms with Crippen molar-refractivity contribution in [2.45, 2.75) is 13.8 Å². The number of hydrogen-bond acceptors (Lipinski definition) is 5. The summed E-state index contributed by atoms with van der Waals surface area (Å²) in [7, 11) is 0. The molecular weight excluding hydrogens is 208 g/mol. The van der Waals surface area contributed by atoms with E-state index in [4.69, 9.17) is 0 Å². The second-order valence-electron chi connectivity index (χ2n) is 3.40. The molecule has 0 atom stereocenters. The van der Waals surface area contributed by atoms with Crippen LogP contribution in [-0.2, 0) is 0 Å². The molecule has 0 amide bonds. The Morgan fingerprint density at radius 2 is 2.19 bits per heavy atom. The number of carbonyl (C=O) groups is 1. The van der Waals surface area contributed by atoms with Crippen LogP contribution in [0.5, 0.6) is 5.75 Å². The summed E-state index contributed by atoms with van der Waals surface area (Å²) in [5, 5.41) is 20.5. The van der Waals surface area contributed by atoms with Crippen molar-refractivity contribution < 1.29 is 9.90 Å². The van der Waals surface area contributed by atoms with Gasteiger partial charge in [-0.15, -0.1) is 5.10 Å². The quantitative estimate of drug-likeness (QED) is 0.756. The Labute approximate surface area is 91.5 Å². The molecule has 16 heavy (non-hydrogen) atoms. The Hall–Kier alpha value is -2.24. The molecule has 2 aromatic rings. The fourth-order valence-corrected chi connectivity index (χ4v) is 1.41. The molecule has 2 rings (SSSR count). The van der Waals surface area contributed by atoms with Gasteiger partial charge in [0.05, 0.1) is 11.3 Å². The first-order chi connectivity index (χ1) is 7.59. The summed E-state index contributed by atoms with van der Waals surface area (Å²) in [5.74, 6) is 0.368. The molecule has 0 aliphatic carbocycles. The summed E-state index contributed by atoms with van der Waals surface area (Å²) in [6, 6.07) is 4.65. The number of aromatic hydroxyl groups is 1. The van der Waals surface area contributed by atoms with Crippen LogP contribution in [0.25, 0.3) is 5.69 Å². The molecular formula is C10H10N4O2. The maximum atomic E-state index is 11.3. The number of tetrazole rings is 1. The van der Waals surface area contributed by atoms with Gasteiger partial charge in [-0.05, 0) is 42.5 Å². The molecule has 1 aromatic carbocycles. The molecule has 0 aliphatic rings. The predicted molar refractivity (Wildman–Crippen MR) is 55.6 cm³/mol. The summed E-state index contributed by atoms with van der Waals surface area (Å²) < 4.78 is 1.49. The normalized spacial score (nSPS) is 10.4. The van der Waals surface area contributed by atoms with Crippen LogP contribution in [0, 0.1) is 6.92 Å². The fraction of sp³-hybridized carbons (Fsp3) is 0.200. The van der Waals surface area contributed by atoms with Gasteiger partial charge in [-0.3, -0.25) is 4.79 Å². The van der Waals surface area contributed by atoms with Gasteiger partial charge >= 0.3 is 0 Å². The van der Waals surface area contributed by atoms with E-state index in [1.54, 1.807) is 19.1 Å². The third-order valence-corrected chi connectivity index (χ3v) is 2.23. The van der Waals surface area contributed by atoms with Crippen LogP contribution in [0.4, 0.5) is 0 Å². The predicted octanol–water partition coefficient (Wildman–Crippen LogP) is 0.879. The molecule has 0 aliphatic heterocycles. The smallest absolute Gasteiger partial charge is 0.163 e. The highest BCUT2D eigenvalue weighted by Gasteiger charge is 2.10. The van der Waals surface area contributed by atoms with E-state index in [0.717, 1.165) is 0 Å². The van der Waals surface area contributed by atoms with Crippen molar-refractivity contribution in [1.82, 2.24) is 20.2 Å². The highest BCUT2D eigenvalue weighted by Crippen LogP contribution is 2.21. The number of benzene rings is 1. The number of phenols is 1. The van der Waals surface area contributed by atoms with Gasteiger partial charge in [-0.25, -0.2) is 0 Å². The minimum absolute atomic E-state index is 0.0398. The number of Topliss-reactive ketones (excluding diaryl/α,β-unsaturated/α-hetero) is 1. The summed E-state index contributed by atoms with van der Waals surface area (Å²) in [6.07, 6.45) is 0. The zero-order chi connectivity index (χ0) is 11.7. The van der Waals surface area contributed by atoms with Gasteiger partial charge in [0.25, 0.3) is 0 Å². The Kier molecular flexibility index (Phi) is 2.40. The van der Waals surface area contributed by atoms with E-state index in [0.29, 0.717) is 11.5 Å². The molecule has 1 heterocycles. The lowest BCUT2D eigenvalue weighted by atomic mass is 10.1. The molecule has 82 valence electrons. The highest BCUT2D eigenvalue weighted by atomic mass is 16.3. The first-order valence-corrected chi connectivity index (χ1v) is 4.69. The molecule has 1 aromatic heterocycles. The van der Waals surface area contributed by atoms with E-state index in [2.05, 4.69) is 15.5 Å². The van der Waals surface area contributed by atoms with Gasteiger partial charge in [0.1, 0.15) is 5.75 Å². The topological polar surface area (TPSA) is 80.9 Å². The third kappa shape index (κ3) is 1.65. The lowest BCUT2D eigenvalue weighted by Gasteiger charge is -2.05. The highest BCUT2D eigenvalue weighted by molar-refractivity contribution is 5.97. The lowest BCUT2D eigenvalue weighted by Crippen LogP contribution is -2.02. The van der Waals surface area contributed by atoms with Gasteiger partial charge in [-0.2, -0.15) is 4.68 Å². The molecule has 0 bridgehead atoms. The Morgan fingerprint density at radius 3 is 2.75 bits per heavy atom. The number of rotatable bonds is 2. The zero-order valence-electron chi connectivity index (χ0n) is 8.88. The van der Waals surface area contributed by atoms with Gasteiger partial charge in [0.15, 0.2) is 11.6 Å². The van der Waals surface area contributed by atoms with Crippen molar-refractivity contribution in [1.29, 1.82) is 0 Å². The minimum atomic E-state index is -0.204. The summed E-state index contributed by atoms with van der Waals surface area (Å²) in [6.45, 7) is 3.14. The van der Waals surface area contributed by atoms with Crippen LogP contribution < -0.4 is 0 Å². The fourth-order valence-electron chi connectivity index (χ4n) is 1.41. The Morgan fingerprint density at radius 1 is 1.44 bits per heavy atom. The number of hydrogen-bond donors (Lipinski definition) is 1. The second kappa shape index (κ2) is 3.73. The number of carbonyl (C=O) groups excluding carboxylic acids is 1. The van der Waals surface area contributed by atoms with Crippen LogP contribution in [0.1, 0.15) is 23.1 Å². The van der Waals surface area contributed by atoms with Gasteiger partial charge in [0, 0.05) is 0 Å². The standard InChI is InChI=1S/C10H10N4O2/c1-6(15)9-5-8(3-4-10(9)16)14-7(2)11-12-13-14/h3-5,16H,1-2H3. The van der Waals surface area contributed by atoms with Crippen molar-refractivity contribution in [2.75, 3.05) is 0 Å². The monoisotopic (exact) mass is 218 g/mol. The third-order valence-electron chi connectivity index (χ3n) is 2.23. The summed E-state index contributed by atoms with van der Waals surface area (Å²) in [5.41, 5.74) is 0.901. The van der Waals surface area contributed by atoms with Crippen molar-refractivity contribution in [2.24, 2.45) is 0 Å². The van der Waals surface area contributed by atoms with E-state index in [1.165, 1.54) is 17.7 Å². The van der Waals surface area contributed by atoms with E-state index in [-0.39, 0.29) is 17.1 Å². The molecule has 0 fully saturated rings. The summed E-state index contributed by atoms with van der Waals surface area (Å²) in [4.78, 5) is 11.3. The largest absolute Gasteiger partial charge is 0.507 e. The van der Waals surface area contributed by atoms with Crippen LogP contribution in [0.3, 0.4) is 0 Å². The van der Waals surface area contributed by atoms with Crippen LogP contribution in [-0.4, -0.2) is 31.1 Å². The van der Waals surface area contributed by atoms with E-state index in [9.17, 15) is 9.90 Å². The Bertz CT molecular complexity index is 548. The average molecular weight is 218 g/mol. The van der Waals surface area contributed by atoms with Gasteiger partial charge in [-0.1, -0.05) is 0 Å². The second-order valence-corrected chi connectivity index (χ2v) is 3.40. The number of aromatic nitrogens is 4. The number of aryl methyl sites for hydroxylation is 1.